The molecule has 1 heterocycles. The lowest BCUT2D eigenvalue weighted by Crippen LogP contribution is -2.52. The quantitative estimate of drug-likeness (QED) is 0.806. The van der Waals surface area contributed by atoms with Crippen LogP contribution in [0.2, 0.25) is 0 Å². The summed E-state index contributed by atoms with van der Waals surface area (Å²) in [6.45, 7) is 5.77. The fourth-order valence-corrected chi connectivity index (χ4v) is 2.23. The molecule has 0 bridgehead atoms. The zero-order valence-electron chi connectivity index (χ0n) is 12.4. The van der Waals surface area contributed by atoms with Crippen molar-refractivity contribution in [1.29, 1.82) is 0 Å². The summed E-state index contributed by atoms with van der Waals surface area (Å²) in [5, 5.41) is 11.7. The van der Waals surface area contributed by atoms with E-state index < -0.39 is 23.3 Å². The SMILES string of the molecule is CC(C)(C)[C@@H](NC(=O)CN1CCCCCC1=O)C(=O)O. The molecule has 0 aromatic carbocycles. The average molecular weight is 284 g/mol. The number of carbonyl (C=O) groups excluding carboxylic acids is 2. The molecule has 0 unspecified atom stereocenters. The number of aliphatic carboxylic acids is 1. The van der Waals surface area contributed by atoms with E-state index in [1.165, 1.54) is 4.90 Å². The van der Waals surface area contributed by atoms with Gasteiger partial charge in [-0.15, -0.1) is 0 Å². The Bertz CT molecular complexity index is 387. The lowest BCUT2D eigenvalue weighted by molar-refractivity contribution is -0.145. The highest BCUT2D eigenvalue weighted by molar-refractivity contribution is 5.88. The molecule has 1 saturated heterocycles. The summed E-state index contributed by atoms with van der Waals surface area (Å²) in [7, 11) is 0. The van der Waals surface area contributed by atoms with E-state index in [9.17, 15) is 14.4 Å². The number of hydrogen-bond acceptors (Lipinski definition) is 3. The Labute approximate surface area is 119 Å². The number of carbonyl (C=O) groups is 3. The van der Waals surface area contributed by atoms with Gasteiger partial charge in [0.1, 0.15) is 6.04 Å². The molecule has 0 aromatic rings. The van der Waals surface area contributed by atoms with Crippen molar-refractivity contribution in [3.8, 4) is 0 Å². The minimum absolute atomic E-state index is 0.0275. The van der Waals surface area contributed by atoms with E-state index in [2.05, 4.69) is 5.32 Å². The van der Waals surface area contributed by atoms with Crippen molar-refractivity contribution in [2.75, 3.05) is 13.1 Å². The van der Waals surface area contributed by atoms with E-state index in [1.807, 2.05) is 0 Å². The number of amides is 2. The Morgan fingerprint density at radius 2 is 1.95 bits per heavy atom. The van der Waals surface area contributed by atoms with Gasteiger partial charge in [0.15, 0.2) is 0 Å². The van der Waals surface area contributed by atoms with Crippen molar-refractivity contribution in [3.63, 3.8) is 0 Å². The highest BCUT2D eigenvalue weighted by atomic mass is 16.4. The number of hydrogen-bond donors (Lipinski definition) is 2. The van der Waals surface area contributed by atoms with Crippen LogP contribution in [0.1, 0.15) is 46.5 Å². The summed E-state index contributed by atoms with van der Waals surface area (Å²) < 4.78 is 0. The van der Waals surface area contributed by atoms with Gasteiger partial charge in [-0.05, 0) is 18.3 Å². The zero-order valence-corrected chi connectivity index (χ0v) is 12.4. The summed E-state index contributed by atoms with van der Waals surface area (Å²) in [6.07, 6.45) is 3.20. The van der Waals surface area contributed by atoms with Gasteiger partial charge in [-0.3, -0.25) is 9.59 Å². The van der Waals surface area contributed by atoms with Gasteiger partial charge in [-0.2, -0.15) is 0 Å². The summed E-state index contributed by atoms with van der Waals surface area (Å²) in [6, 6.07) is -0.961. The van der Waals surface area contributed by atoms with Crippen LogP contribution in [0.15, 0.2) is 0 Å². The zero-order chi connectivity index (χ0) is 15.3. The van der Waals surface area contributed by atoms with Crippen LogP contribution in [0.5, 0.6) is 0 Å². The van der Waals surface area contributed by atoms with Gasteiger partial charge >= 0.3 is 5.97 Å². The number of carboxylic acid groups (broad SMARTS) is 1. The molecule has 0 aliphatic carbocycles. The summed E-state index contributed by atoms with van der Waals surface area (Å²) in [5.41, 5.74) is -0.579. The maximum absolute atomic E-state index is 12.0. The fourth-order valence-electron chi connectivity index (χ4n) is 2.23. The largest absolute Gasteiger partial charge is 0.480 e. The van der Waals surface area contributed by atoms with E-state index in [0.717, 1.165) is 19.3 Å². The van der Waals surface area contributed by atoms with Crippen molar-refractivity contribution >= 4 is 17.8 Å². The van der Waals surface area contributed by atoms with Crippen LogP contribution >= 0.6 is 0 Å². The van der Waals surface area contributed by atoms with Crippen LogP contribution in [-0.2, 0) is 14.4 Å². The van der Waals surface area contributed by atoms with Crippen LogP contribution in [0, 0.1) is 5.41 Å². The molecule has 0 saturated carbocycles. The van der Waals surface area contributed by atoms with Crippen LogP contribution in [-0.4, -0.2) is 46.9 Å². The molecule has 0 aromatic heterocycles. The van der Waals surface area contributed by atoms with Gasteiger partial charge < -0.3 is 15.3 Å². The molecule has 6 nitrogen and oxygen atoms in total. The first-order valence-corrected chi connectivity index (χ1v) is 7.02. The molecule has 6 heteroatoms. The Morgan fingerprint density at radius 3 is 2.50 bits per heavy atom. The van der Waals surface area contributed by atoms with E-state index in [0.29, 0.717) is 13.0 Å². The number of rotatable bonds is 4. The van der Waals surface area contributed by atoms with Gasteiger partial charge in [-0.25, -0.2) is 4.79 Å². The van der Waals surface area contributed by atoms with E-state index in [-0.39, 0.29) is 12.5 Å². The minimum atomic E-state index is -1.06. The average Bonchev–Trinajstić information content (AvgIpc) is 2.50. The second-order valence-electron chi connectivity index (χ2n) is 6.33. The van der Waals surface area contributed by atoms with Crippen molar-refractivity contribution in [2.45, 2.75) is 52.5 Å². The monoisotopic (exact) mass is 284 g/mol. The molecule has 1 atom stereocenters. The topological polar surface area (TPSA) is 86.7 Å². The second kappa shape index (κ2) is 6.72. The first-order valence-electron chi connectivity index (χ1n) is 7.02. The molecule has 2 N–H and O–H groups in total. The van der Waals surface area contributed by atoms with Crippen molar-refractivity contribution in [3.05, 3.63) is 0 Å². The maximum atomic E-state index is 12.0. The third-order valence-electron chi connectivity index (χ3n) is 3.42. The minimum Gasteiger partial charge on any atom is -0.480 e. The first-order chi connectivity index (χ1) is 9.21. The Morgan fingerprint density at radius 1 is 1.30 bits per heavy atom. The summed E-state index contributed by atoms with van der Waals surface area (Å²) >= 11 is 0. The van der Waals surface area contributed by atoms with Crippen LogP contribution in [0.4, 0.5) is 0 Å². The van der Waals surface area contributed by atoms with Crippen molar-refractivity contribution < 1.29 is 19.5 Å². The molecule has 1 aliphatic rings. The lowest BCUT2D eigenvalue weighted by atomic mass is 9.87. The standard InChI is InChI=1S/C14H24N2O4/c1-14(2,3)12(13(19)20)15-10(17)9-16-8-6-4-5-7-11(16)18/h12H,4-9H2,1-3H3,(H,15,17)(H,19,20)/t12-/m0/s1. The van der Waals surface area contributed by atoms with Gasteiger partial charge in [-0.1, -0.05) is 27.2 Å². The van der Waals surface area contributed by atoms with Gasteiger partial charge in [0.2, 0.25) is 11.8 Å². The lowest BCUT2D eigenvalue weighted by Gasteiger charge is -2.29. The first kappa shape index (κ1) is 16.5. The number of nitrogens with zero attached hydrogens (tertiary/aromatic N) is 1. The Hall–Kier alpha value is -1.59. The predicted octanol–water partition coefficient (Wildman–Crippen LogP) is 1.00. The third kappa shape index (κ3) is 4.83. The molecule has 0 spiro atoms. The third-order valence-corrected chi connectivity index (χ3v) is 3.42. The van der Waals surface area contributed by atoms with Crippen molar-refractivity contribution in [1.82, 2.24) is 10.2 Å². The van der Waals surface area contributed by atoms with Gasteiger partial charge in [0.25, 0.3) is 0 Å². The van der Waals surface area contributed by atoms with Crippen LogP contribution in [0.3, 0.4) is 0 Å². The molecule has 1 rings (SSSR count). The number of likely N-dealkylation sites (tertiary alicyclic amines) is 1. The fraction of sp³-hybridized carbons (Fsp3) is 0.786. The molecule has 1 aliphatic heterocycles. The predicted molar refractivity (Wildman–Crippen MR) is 74.1 cm³/mol. The molecular formula is C14H24N2O4. The number of nitrogens with one attached hydrogen (secondary N) is 1. The molecular weight excluding hydrogens is 260 g/mol. The maximum Gasteiger partial charge on any atom is 0.326 e. The second-order valence-corrected chi connectivity index (χ2v) is 6.33. The van der Waals surface area contributed by atoms with Crippen LogP contribution < -0.4 is 5.32 Å². The normalized spacial score (nSPS) is 18.4. The van der Waals surface area contributed by atoms with Crippen molar-refractivity contribution in [2.24, 2.45) is 5.41 Å². The molecule has 0 radical (unpaired) electrons. The highest BCUT2D eigenvalue weighted by Gasteiger charge is 2.33. The van der Waals surface area contributed by atoms with E-state index in [1.54, 1.807) is 20.8 Å². The molecule has 2 amide bonds. The van der Waals surface area contributed by atoms with Gasteiger partial charge in [0, 0.05) is 13.0 Å². The Kier molecular flexibility index (Phi) is 5.53. The highest BCUT2D eigenvalue weighted by Crippen LogP contribution is 2.19. The molecule has 1 fully saturated rings. The van der Waals surface area contributed by atoms with E-state index >= 15 is 0 Å². The molecule has 20 heavy (non-hydrogen) atoms. The van der Waals surface area contributed by atoms with E-state index in [4.69, 9.17) is 5.11 Å². The Balaban J connectivity index is 2.61. The van der Waals surface area contributed by atoms with Crippen LogP contribution in [0.25, 0.3) is 0 Å². The number of carboxylic acids is 1. The smallest absolute Gasteiger partial charge is 0.326 e. The summed E-state index contributed by atoms with van der Waals surface area (Å²) in [5.74, 6) is -1.50. The summed E-state index contributed by atoms with van der Waals surface area (Å²) in [4.78, 5) is 36.5. The molecule has 114 valence electrons. The van der Waals surface area contributed by atoms with Gasteiger partial charge in [0.05, 0.1) is 6.54 Å².